The first kappa shape index (κ1) is 76.3. The molecule has 0 aliphatic carbocycles. The van der Waals surface area contributed by atoms with Gasteiger partial charge in [0.1, 0.15) is 36.8 Å². The summed E-state index contributed by atoms with van der Waals surface area (Å²) in [6.45, 7) is 4.09. The van der Waals surface area contributed by atoms with Crippen LogP contribution in [0.3, 0.4) is 0 Å². The van der Waals surface area contributed by atoms with Gasteiger partial charge in [-0.05, 0) is 153 Å². The summed E-state index contributed by atoms with van der Waals surface area (Å²) in [5, 5.41) is 56.4. The van der Waals surface area contributed by atoms with Gasteiger partial charge in [-0.1, -0.05) is 176 Å². The average Bonchev–Trinajstić information content (AvgIpc) is 1.62. The van der Waals surface area contributed by atoms with Crippen molar-refractivity contribution < 1.29 is 14.2 Å². The quantitative estimate of drug-likeness (QED) is 0.0583. The number of ether oxygens (including phenoxy) is 3. The van der Waals surface area contributed by atoms with Crippen LogP contribution in [0.2, 0.25) is 0 Å². The van der Waals surface area contributed by atoms with E-state index in [0.29, 0.717) is 11.7 Å². The van der Waals surface area contributed by atoms with Crippen LogP contribution >= 0.6 is 11.8 Å². The smallest absolute Gasteiger partial charge is 0.241 e. The number of nitrogens with zero attached hydrogens (tertiary/aromatic N) is 16. The molecule has 24 heteroatoms. The van der Waals surface area contributed by atoms with Crippen LogP contribution in [0.5, 0.6) is 17.4 Å². The van der Waals surface area contributed by atoms with E-state index in [9.17, 15) is 0 Å². The van der Waals surface area contributed by atoms with E-state index < -0.39 is 0 Å². The monoisotopic (exact) mass is 1600 g/mol. The minimum atomic E-state index is 0.502. The van der Waals surface area contributed by atoms with Crippen LogP contribution < -0.4 is 35.5 Å². The summed E-state index contributed by atoms with van der Waals surface area (Å²) in [6, 6.07) is 99.6. The molecule has 0 fully saturated rings. The van der Waals surface area contributed by atoms with E-state index in [1.54, 1.807) is 45.6 Å². The number of aromatic nitrogens is 16. The largest absolute Gasteiger partial charge is 0.495 e. The zero-order valence-corrected chi connectivity index (χ0v) is 67.5. The first-order valence-electron chi connectivity index (χ1n) is 39.0. The van der Waals surface area contributed by atoms with E-state index in [1.165, 1.54) is 16.0 Å². The first-order valence-corrected chi connectivity index (χ1v) is 40.3. The van der Waals surface area contributed by atoms with Gasteiger partial charge in [-0.2, -0.15) is 15.3 Å². The lowest BCUT2D eigenvalue weighted by Gasteiger charge is -2.12. The van der Waals surface area contributed by atoms with E-state index in [2.05, 4.69) is 232 Å². The topological polar surface area (TPSA) is 250 Å². The van der Waals surface area contributed by atoms with Gasteiger partial charge in [-0.15, -0.1) is 37.3 Å². The van der Waals surface area contributed by atoms with Gasteiger partial charge in [0.15, 0.2) is 23.3 Å². The van der Waals surface area contributed by atoms with Gasteiger partial charge in [-0.3, -0.25) is 18.3 Å². The van der Waals surface area contributed by atoms with Gasteiger partial charge in [0.05, 0.1) is 106 Å². The van der Waals surface area contributed by atoms with Crippen LogP contribution in [0.4, 0.5) is 46.0 Å². The summed E-state index contributed by atoms with van der Waals surface area (Å²) in [6.07, 6.45) is 12.0. The van der Waals surface area contributed by atoms with Gasteiger partial charge in [-0.25, -0.2) is 19.9 Å². The number of methoxy groups -OCH3 is 3. The number of para-hydroxylation sites is 6. The van der Waals surface area contributed by atoms with E-state index >= 15 is 0 Å². The molecule has 0 saturated heterocycles. The van der Waals surface area contributed by atoms with E-state index in [4.69, 9.17) is 14.2 Å². The molecule has 4 N–H and O–H groups in total. The number of nitrogens with one attached hydrogen (secondary N) is 4. The van der Waals surface area contributed by atoms with Crippen molar-refractivity contribution in [2.45, 2.75) is 25.2 Å². The van der Waals surface area contributed by atoms with E-state index in [1.807, 2.05) is 205 Å². The fourth-order valence-electron chi connectivity index (χ4n) is 14.9. The lowest BCUT2D eigenvalue weighted by atomic mass is 10.0. The summed E-state index contributed by atoms with van der Waals surface area (Å²) >= 11 is 1.73. The zero-order chi connectivity index (χ0) is 82.1. The Morgan fingerprint density at radius 2 is 0.711 bits per heavy atom. The molecule has 0 bridgehead atoms. The molecule has 0 aliphatic rings. The highest BCUT2D eigenvalue weighted by molar-refractivity contribution is 7.98. The number of imidazole rings is 4. The van der Waals surface area contributed by atoms with Gasteiger partial charge >= 0.3 is 0 Å². The molecule has 21 rings (SSSR count). The molecule has 121 heavy (non-hydrogen) atoms. The molecule has 8 aromatic heterocycles. The molecule has 590 valence electrons. The Labute approximate surface area is 699 Å². The van der Waals surface area contributed by atoms with Gasteiger partial charge in [0.25, 0.3) is 0 Å². The number of rotatable bonds is 18. The maximum atomic E-state index is 5.49. The Morgan fingerprint density at radius 3 is 1.22 bits per heavy atom. The van der Waals surface area contributed by atoms with Crippen molar-refractivity contribution in [3.8, 4) is 40.1 Å². The Balaban J connectivity index is 0.000000111. The second-order valence-electron chi connectivity index (χ2n) is 28.3. The van der Waals surface area contributed by atoms with Gasteiger partial charge in [0, 0.05) is 77.2 Å². The highest BCUT2D eigenvalue weighted by Crippen LogP contribution is 2.37. The van der Waals surface area contributed by atoms with Crippen LogP contribution in [-0.2, 0) is 6.42 Å². The minimum Gasteiger partial charge on any atom is -0.495 e. The molecule has 0 amide bonds. The second kappa shape index (κ2) is 34.5. The highest BCUT2D eigenvalue weighted by Gasteiger charge is 2.19. The Morgan fingerprint density at radius 1 is 0.322 bits per heavy atom. The molecular formula is C97H78N20O3S. The molecule has 21 aromatic rings. The van der Waals surface area contributed by atoms with Crippen molar-refractivity contribution in [2.75, 3.05) is 48.9 Å². The first-order chi connectivity index (χ1) is 59.6. The molecule has 8 heterocycles. The lowest BCUT2D eigenvalue weighted by molar-refractivity contribution is 0.398. The molecule has 23 nitrogen and oxygen atoms in total. The Hall–Kier alpha value is -16.0. The molecular weight excluding hydrogens is 1530 g/mol. The lowest BCUT2D eigenvalue weighted by Crippen LogP contribution is -2.02. The predicted molar refractivity (Wildman–Crippen MR) is 486 cm³/mol. The molecule has 0 radical (unpaired) electrons. The summed E-state index contributed by atoms with van der Waals surface area (Å²) in [5.41, 5.74) is 19.8. The SMILES string of the molecule is COc1ccccc1-n1cnc2cc(Nc3nnc(OC)c4ccccc34)ccc21.COc1ccccc1-n1cnc2cc(Nc3nncc4ccccc34)ccc21.CSc1ccccc1-n1cnc2cc(Nc3nnc(C)c4ccccc34)ccc21.Cc1ccccc1-n1cnc2cc(Nc3nnc(Cc4ccccc4)c4ccccc34)ccc21. The Kier molecular flexibility index (Phi) is 21.7. The molecule has 0 atom stereocenters. The third-order valence-corrected chi connectivity index (χ3v) is 21.7. The molecule has 0 saturated carbocycles. The van der Waals surface area contributed by atoms with E-state index in [-0.39, 0.29) is 0 Å². The zero-order valence-electron chi connectivity index (χ0n) is 66.7. The minimum absolute atomic E-state index is 0.502. The number of hydrogen-bond donors (Lipinski definition) is 4. The molecule has 0 unspecified atom stereocenters. The number of aryl methyl sites for hydroxylation is 2. The van der Waals surface area contributed by atoms with Crippen molar-refractivity contribution in [3.63, 3.8) is 0 Å². The maximum absolute atomic E-state index is 5.49. The van der Waals surface area contributed by atoms with Crippen LogP contribution in [-0.4, -0.2) is 107 Å². The number of anilines is 8. The third-order valence-electron chi connectivity index (χ3n) is 20.9. The highest BCUT2D eigenvalue weighted by atomic mass is 32.2. The number of hydrogen-bond acceptors (Lipinski definition) is 20. The number of thioether (sulfide) groups is 1. The van der Waals surface area contributed by atoms with E-state index in [0.717, 1.165) is 179 Å². The molecule has 0 aliphatic heterocycles. The van der Waals surface area contributed by atoms with Crippen LogP contribution in [0.25, 0.3) is 110 Å². The molecule has 13 aromatic carbocycles. The predicted octanol–water partition coefficient (Wildman–Crippen LogP) is 21.8. The maximum Gasteiger partial charge on any atom is 0.241 e. The molecule has 0 spiro atoms. The van der Waals surface area contributed by atoms with Crippen LogP contribution in [0.15, 0.2) is 334 Å². The van der Waals surface area contributed by atoms with Crippen molar-refractivity contribution >= 4 is 145 Å². The van der Waals surface area contributed by atoms with Crippen molar-refractivity contribution in [2.24, 2.45) is 0 Å². The normalized spacial score (nSPS) is 11.1. The van der Waals surface area contributed by atoms with Crippen molar-refractivity contribution in [3.05, 3.63) is 351 Å². The summed E-state index contributed by atoms with van der Waals surface area (Å²) in [5.74, 6) is 4.97. The van der Waals surface area contributed by atoms with Crippen molar-refractivity contribution in [1.29, 1.82) is 0 Å². The van der Waals surface area contributed by atoms with Gasteiger partial charge in [0.2, 0.25) is 5.88 Å². The van der Waals surface area contributed by atoms with Gasteiger partial charge < -0.3 is 35.5 Å². The standard InChI is InChI=1S/C29H23N5.C23H19N5O2.C23H19N5S.C22H17N5O/c1-20-9-5-8-14-27(20)34-19-30-26-18-22(15-16-28(26)34)31-29-24-13-7-6-12-23(24)25(32-33-29)17-21-10-3-2-4-11-21;1-29-21-10-6-5-9-20(21)28-14-24-18-13-15(11-12-19(18)28)25-22-16-7-3-4-8-17(16)23(30-2)27-26-22;1-15-17-7-3-4-8-18(17)23(27-26-15)25-16-11-12-20-19(13-16)24-14-28(20)21-9-5-6-10-22(21)29-2;1-28-21-9-5-4-8-20(21)27-14-23-18-12-16(10-11-19(18)27)25-22-17-7-3-2-6-15(17)13-24-26-22/h2-16,18-19H,17H2,1H3,(H,31,33);3-14H,1-2H3,(H,25,26);3-14H,1-2H3,(H,25,27);2-14H,1H3,(H,25,26). The Bertz CT molecular complexity index is 7350. The van der Waals surface area contributed by atoms with Crippen LogP contribution in [0, 0.1) is 13.8 Å². The number of benzene rings is 13. The summed E-state index contributed by atoms with van der Waals surface area (Å²) in [7, 11) is 4.93. The fraction of sp³-hybridized carbons (Fsp3) is 0.0722. The second-order valence-corrected chi connectivity index (χ2v) is 29.2. The fourth-order valence-corrected chi connectivity index (χ4v) is 15.5. The third kappa shape index (κ3) is 15.9. The summed E-state index contributed by atoms with van der Waals surface area (Å²) in [4.78, 5) is 19.6. The summed E-state index contributed by atoms with van der Waals surface area (Å²) < 4.78 is 24.6. The average molecular weight is 1600 g/mol. The van der Waals surface area contributed by atoms with Crippen LogP contribution in [0.1, 0.15) is 22.5 Å². The number of fused-ring (bicyclic) bond motifs is 8. The van der Waals surface area contributed by atoms with Crippen molar-refractivity contribution in [1.82, 2.24) is 79.0 Å².